The molecule has 0 aromatic heterocycles. The fourth-order valence-corrected chi connectivity index (χ4v) is 5.32. The monoisotopic (exact) mass is 292 g/mol. The van der Waals surface area contributed by atoms with E-state index >= 15 is 0 Å². The smallest absolute Gasteiger partial charge is 0.180 e. The van der Waals surface area contributed by atoms with Gasteiger partial charge >= 0.3 is 0 Å². The van der Waals surface area contributed by atoms with Gasteiger partial charge in [-0.25, -0.2) is 8.42 Å². The Morgan fingerprint density at radius 1 is 1.15 bits per heavy atom. The van der Waals surface area contributed by atoms with Crippen molar-refractivity contribution in [3.8, 4) is 0 Å². The maximum Gasteiger partial charge on any atom is 0.180 e. The zero-order chi connectivity index (χ0) is 13.7. The SMILES string of the molecule is O=S1(=O)CC(NC2CCN(C3CC3)C2)c2ccccc21. The van der Waals surface area contributed by atoms with Crippen molar-refractivity contribution in [1.82, 2.24) is 10.2 Å². The number of nitrogens with zero attached hydrogens (tertiary/aromatic N) is 1. The van der Waals surface area contributed by atoms with Crippen molar-refractivity contribution in [3.05, 3.63) is 29.8 Å². The lowest BCUT2D eigenvalue weighted by Crippen LogP contribution is -2.36. The highest BCUT2D eigenvalue weighted by molar-refractivity contribution is 7.91. The average molecular weight is 292 g/mol. The number of hydrogen-bond acceptors (Lipinski definition) is 4. The average Bonchev–Trinajstić information content (AvgIpc) is 3.12. The first kappa shape index (κ1) is 12.8. The third kappa shape index (κ3) is 2.18. The molecule has 2 heterocycles. The molecule has 0 spiro atoms. The summed E-state index contributed by atoms with van der Waals surface area (Å²) in [5.41, 5.74) is 0.956. The molecule has 1 saturated heterocycles. The predicted molar refractivity (Wildman–Crippen MR) is 77.4 cm³/mol. The van der Waals surface area contributed by atoms with E-state index in [-0.39, 0.29) is 11.8 Å². The van der Waals surface area contributed by atoms with E-state index in [1.54, 1.807) is 6.07 Å². The Morgan fingerprint density at radius 3 is 2.75 bits per heavy atom. The lowest BCUT2D eigenvalue weighted by molar-refractivity contribution is 0.314. The van der Waals surface area contributed by atoms with Crippen molar-refractivity contribution in [1.29, 1.82) is 0 Å². The van der Waals surface area contributed by atoms with Gasteiger partial charge in [0.1, 0.15) is 0 Å². The first-order valence-electron chi connectivity index (χ1n) is 7.45. The van der Waals surface area contributed by atoms with E-state index in [1.807, 2.05) is 18.2 Å². The van der Waals surface area contributed by atoms with Gasteiger partial charge in [0, 0.05) is 31.2 Å². The van der Waals surface area contributed by atoms with Crippen LogP contribution in [0.5, 0.6) is 0 Å². The van der Waals surface area contributed by atoms with Crippen molar-refractivity contribution in [2.45, 2.75) is 42.3 Å². The van der Waals surface area contributed by atoms with E-state index < -0.39 is 9.84 Å². The number of likely N-dealkylation sites (tertiary alicyclic amines) is 1. The van der Waals surface area contributed by atoms with Crippen molar-refractivity contribution < 1.29 is 8.42 Å². The summed E-state index contributed by atoms with van der Waals surface area (Å²) < 4.78 is 24.3. The zero-order valence-electron chi connectivity index (χ0n) is 11.5. The highest BCUT2D eigenvalue weighted by atomic mass is 32.2. The molecule has 2 aliphatic heterocycles. The first-order valence-corrected chi connectivity index (χ1v) is 9.10. The highest BCUT2D eigenvalue weighted by Gasteiger charge is 2.38. The fraction of sp³-hybridized carbons (Fsp3) is 0.600. The molecule has 0 bridgehead atoms. The second-order valence-corrected chi connectivity index (χ2v) is 8.25. The van der Waals surface area contributed by atoms with Crippen LogP contribution in [0.1, 0.15) is 30.9 Å². The van der Waals surface area contributed by atoms with Crippen LogP contribution in [-0.4, -0.2) is 44.2 Å². The quantitative estimate of drug-likeness (QED) is 0.913. The number of benzene rings is 1. The van der Waals surface area contributed by atoms with Gasteiger partial charge in [-0.3, -0.25) is 4.90 Å². The molecule has 5 heteroatoms. The number of fused-ring (bicyclic) bond motifs is 1. The molecular formula is C15H20N2O2S. The predicted octanol–water partition coefficient (Wildman–Crippen LogP) is 1.34. The molecular weight excluding hydrogens is 272 g/mol. The first-order chi connectivity index (χ1) is 9.63. The van der Waals surface area contributed by atoms with Crippen LogP contribution in [0.25, 0.3) is 0 Å². The van der Waals surface area contributed by atoms with Crippen LogP contribution in [0.15, 0.2) is 29.2 Å². The molecule has 4 nitrogen and oxygen atoms in total. The van der Waals surface area contributed by atoms with E-state index in [0.717, 1.165) is 31.1 Å². The van der Waals surface area contributed by atoms with Crippen LogP contribution in [0, 0.1) is 0 Å². The molecule has 1 aliphatic carbocycles. The third-order valence-electron chi connectivity index (χ3n) is 4.74. The van der Waals surface area contributed by atoms with Gasteiger partial charge in [-0.1, -0.05) is 18.2 Å². The lowest BCUT2D eigenvalue weighted by Gasteiger charge is -2.20. The Morgan fingerprint density at radius 2 is 1.95 bits per heavy atom. The fourth-order valence-electron chi connectivity index (χ4n) is 3.57. The second-order valence-electron chi connectivity index (χ2n) is 6.25. The third-order valence-corrected chi connectivity index (χ3v) is 6.55. The molecule has 1 aromatic carbocycles. The van der Waals surface area contributed by atoms with E-state index in [2.05, 4.69) is 10.2 Å². The lowest BCUT2D eigenvalue weighted by atomic mass is 10.1. The number of hydrogen-bond donors (Lipinski definition) is 1. The normalized spacial score (nSPS) is 32.4. The Bertz CT molecular complexity index is 625. The molecule has 20 heavy (non-hydrogen) atoms. The van der Waals surface area contributed by atoms with E-state index in [1.165, 1.54) is 12.8 Å². The van der Waals surface area contributed by atoms with Crippen molar-refractivity contribution in [2.75, 3.05) is 18.8 Å². The molecule has 1 N–H and O–H groups in total. The van der Waals surface area contributed by atoms with Gasteiger partial charge in [0.2, 0.25) is 0 Å². The van der Waals surface area contributed by atoms with Crippen LogP contribution >= 0.6 is 0 Å². The van der Waals surface area contributed by atoms with E-state index in [9.17, 15) is 8.42 Å². The molecule has 2 atom stereocenters. The van der Waals surface area contributed by atoms with Crippen LogP contribution in [0.4, 0.5) is 0 Å². The van der Waals surface area contributed by atoms with Crippen LogP contribution in [-0.2, 0) is 9.84 Å². The Kier molecular flexibility index (Phi) is 2.91. The number of nitrogens with one attached hydrogen (secondary N) is 1. The van der Waals surface area contributed by atoms with E-state index in [4.69, 9.17) is 0 Å². The summed E-state index contributed by atoms with van der Waals surface area (Å²) in [5.74, 6) is 0.215. The van der Waals surface area contributed by atoms with Crippen molar-refractivity contribution >= 4 is 9.84 Å². The minimum atomic E-state index is -3.09. The Balaban J connectivity index is 1.50. The van der Waals surface area contributed by atoms with Crippen molar-refractivity contribution in [3.63, 3.8) is 0 Å². The minimum Gasteiger partial charge on any atom is -0.305 e. The maximum atomic E-state index is 12.2. The molecule has 2 fully saturated rings. The largest absolute Gasteiger partial charge is 0.305 e. The molecule has 1 saturated carbocycles. The number of sulfone groups is 1. The molecule has 0 amide bonds. The highest BCUT2D eigenvalue weighted by Crippen LogP contribution is 2.35. The van der Waals surface area contributed by atoms with E-state index in [0.29, 0.717) is 10.9 Å². The van der Waals surface area contributed by atoms with Crippen LogP contribution in [0.2, 0.25) is 0 Å². The molecule has 4 rings (SSSR count). The maximum absolute atomic E-state index is 12.2. The molecule has 2 unspecified atom stereocenters. The summed E-state index contributed by atoms with van der Waals surface area (Å²) in [5, 5.41) is 3.58. The molecule has 0 radical (unpaired) electrons. The molecule has 3 aliphatic rings. The molecule has 1 aromatic rings. The second kappa shape index (κ2) is 4.55. The summed E-state index contributed by atoms with van der Waals surface area (Å²) in [6.07, 6.45) is 3.82. The zero-order valence-corrected chi connectivity index (χ0v) is 12.3. The topological polar surface area (TPSA) is 49.4 Å². The van der Waals surface area contributed by atoms with Gasteiger partial charge in [0.25, 0.3) is 0 Å². The van der Waals surface area contributed by atoms with Gasteiger partial charge in [-0.05, 0) is 30.9 Å². The van der Waals surface area contributed by atoms with Crippen LogP contribution in [0.3, 0.4) is 0 Å². The summed E-state index contributed by atoms with van der Waals surface area (Å²) in [6.45, 7) is 2.23. The van der Waals surface area contributed by atoms with Gasteiger partial charge in [-0.2, -0.15) is 0 Å². The summed E-state index contributed by atoms with van der Waals surface area (Å²) in [7, 11) is -3.09. The Labute approximate surface area is 120 Å². The standard InChI is InChI=1S/C15H20N2O2S/c18-20(19)10-14(13-3-1-2-4-15(13)20)16-11-7-8-17(9-11)12-5-6-12/h1-4,11-12,14,16H,5-10H2. The summed E-state index contributed by atoms with van der Waals surface area (Å²) >= 11 is 0. The van der Waals surface area contributed by atoms with Gasteiger partial charge in [-0.15, -0.1) is 0 Å². The summed E-state index contributed by atoms with van der Waals surface area (Å²) in [4.78, 5) is 3.07. The van der Waals surface area contributed by atoms with Gasteiger partial charge in [0.15, 0.2) is 9.84 Å². The summed E-state index contributed by atoms with van der Waals surface area (Å²) in [6, 6.07) is 8.63. The number of rotatable bonds is 3. The van der Waals surface area contributed by atoms with Gasteiger partial charge < -0.3 is 5.32 Å². The van der Waals surface area contributed by atoms with Crippen molar-refractivity contribution in [2.24, 2.45) is 0 Å². The Hall–Kier alpha value is -0.910. The van der Waals surface area contributed by atoms with Crippen LogP contribution < -0.4 is 5.32 Å². The minimum absolute atomic E-state index is 0.0275. The van der Waals surface area contributed by atoms with Gasteiger partial charge in [0.05, 0.1) is 10.6 Å². The molecule has 108 valence electrons.